The molecule has 1 aromatic heterocycles. The van der Waals surface area contributed by atoms with E-state index in [-0.39, 0.29) is 5.91 Å². The number of anilines is 2. The first-order valence-electron chi connectivity index (χ1n) is 10.2. The van der Waals surface area contributed by atoms with Gasteiger partial charge in [-0.15, -0.1) is 0 Å². The Bertz CT molecular complexity index is 1030. The first kappa shape index (κ1) is 19.2. The van der Waals surface area contributed by atoms with Crippen LogP contribution in [0.5, 0.6) is 5.75 Å². The minimum atomic E-state index is 0.0109. The number of nitrogens with zero attached hydrogens (tertiary/aromatic N) is 2. The third kappa shape index (κ3) is 4.19. The Balaban J connectivity index is 1.72. The molecule has 0 aliphatic carbocycles. The van der Waals surface area contributed by atoms with Crippen molar-refractivity contribution in [2.45, 2.75) is 26.7 Å². The predicted molar refractivity (Wildman–Crippen MR) is 117 cm³/mol. The smallest absolute Gasteiger partial charge is 0.272 e. The Morgan fingerprint density at radius 3 is 2.69 bits per heavy atom. The van der Waals surface area contributed by atoms with Gasteiger partial charge in [-0.1, -0.05) is 18.6 Å². The fraction of sp³-hybridized carbons (Fsp3) is 0.333. The number of benzene rings is 2. The molecule has 1 atom stereocenters. The first-order valence-corrected chi connectivity index (χ1v) is 10.2. The molecule has 0 radical (unpaired) electrons. The molecule has 0 bridgehead atoms. The normalized spacial score (nSPS) is 16.7. The number of methoxy groups -OCH3 is 1. The van der Waals surface area contributed by atoms with Gasteiger partial charge in [-0.25, -0.2) is 4.98 Å². The highest BCUT2D eigenvalue weighted by Gasteiger charge is 2.24. The second-order valence-electron chi connectivity index (χ2n) is 7.93. The van der Waals surface area contributed by atoms with Crippen LogP contribution in [0.2, 0.25) is 0 Å². The lowest BCUT2D eigenvalue weighted by Crippen LogP contribution is -2.39. The van der Waals surface area contributed by atoms with Gasteiger partial charge in [0.15, 0.2) is 0 Å². The fourth-order valence-corrected chi connectivity index (χ4v) is 3.92. The molecule has 3 aromatic rings. The van der Waals surface area contributed by atoms with Gasteiger partial charge in [0.05, 0.1) is 18.3 Å². The van der Waals surface area contributed by atoms with E-state index in [4.69, 9.17) is 9.72 Å². The summed E-state index contributed by atoms with van der Waals surface area (Å²) in [4.78, 5) is 19.8. The van der Waals surface area contributed by atoms with Crippen LogP contribution in [0.4, 0.5) is 11.4 Å². The average molecular weight is 389 g/mol. The number of amides is 1. The van der Waals surface area contributed by atoms with Gasteiger partial charge < -0.3 is 15.0 Å². The summed E-state index contributed by atoms with van der Waals surface area (Å²) in [6, 6.07) is 15.8. The Morgan fingerprint density at radius 1 is 1.17 bits per heavy atom. The zero-order valence-corrected chi connectivity index (χ0v) is 17.2. The molecule has 2 heterocycles. The quantitative estimate of drug-likeness (QED) is 0.669. The number of likely N-dealkylation sites (tertiary alicyclic amines) is 1. The summed E-state index contributed by atoms with van der Waals surface area (Å²) in [6.07, 6.45) is 2.23. The lowest BCUT2D eigenvalue weighted by Gasteiger charge is -2.30. The maximum atomic E-state index is 13.2. The van der Waals surface area contributed by atoms with Gasteiger partial charge in [0.1, 0.15) is 11.4 Å². The van der Waals surface area contributed by atoms with Crippen molar-refractivity contribution < 1.29 is 9.53 Å². The van der Waals surface area contributed by atoms with E-state index in [1.54, 1.807) is 7.11 Å². The molecule has 1 aliphatic heterocycles. The van der Waals surface area contributed by atoms with E-state index in [0.29, 0.717) is 11.6 Å². The number of rotatable bonds is 4. The molecular weight excluding hydrogens is 362 g/mol. The lowest BCUT2D eigenvalue weighted by atomic mass is 10.00. The van der Waals surface area contributed by atoms with Crippen molar-refractivity contribution in [2.75, 3.05) is 25.5 Å². The maximum Gasteiger partial charge on any atom is 0.272 e. The third-order valence-electron chi connectivity index (χ3n) is 5.50. The number of piperidine rings is 1. The highest BCUT2D eigenvalue weighted by Crippen LogP contribution is 2.29. The van der Waals surface area contributed by atoms with Gasteiger partial charge in [-0.2, -0.15) is 0 Å². The molecule has 5 heteroatoms. The molecule has 0 saturated carbocycles. The second-order valence-corrected chi connectivity index (χ2v) is 7.93. The summed E-state index contributed by atoms with van der Waals surface area (Å²) in [7, 11) is 1.65. The Labute approximate surface area is 171 Å². The number of carbonyl (C=O) groups is 1. The largest absolute Gasteiger partial charge is 0.497 e. The molecule has 150 valence electrons. The number of nitrogens with one attached hydrogen (secondary N) is 1. The number of carbonyl (C=O) groups excluding carboxylic acids is 1. The minimum Gasteiger partial charge on any atom is -0.497 e. The van der Waals surface area contributed by atoms with Crippen LogP contribution in [0.1, 0.15) is 35.8 Å². The maximum absolute atomic E-state index is 13.2. The molecule has 1 fully saturated rings. The van der Waals surface area contributed by atoms with Crippen LogP contribution in [0.3, 0.4) is 0 Å². The number of fused-ring (bicyclic) bond motifs is 1. The first-order chi connectivity index (χ1) is 14.0. The second kappa shape index (κ2) is 8.11. The predicted octanol–water partition coefficient (Wildman–Crippen LogP) is 5.17. The van der Waals surface area contributed by atoms with E-state index in [2.05, 4.69) is 25.2 Å². The molecule has 0 unspecified atom stereocenters. The summed E-state index contributed by atoms with van der Waals surface area (Å²) in [5.41, 5.74) is 4.29. The van der Waals surface area contributed by atoms with Crippen molar-refractivity contribution >= 4 is 28.2 Å². The van der Waals surface area contributed by atoms with Crippen molar-refractivity contribution in [3.63, 3.8) is 0 Å². The van der Waals surface area contributed by atoms with Crippen molar-refractivity contribution in [1.82, 2.24) is 9.88 Å². The van der Waals surface area contributed by atoms with E-state index in [9.17, 15) is 4.79 Å². The standard InChI is InChI=1S/C24H27N3O2/c1-16-6-11-21-20(13-16)22(25-18-7-9-19(29-3)10-8-18)14-23(26-21)24(28)27-12-4-5-17(2)15-27/h6-11,13-14,17H,4-5,12,15H2,1-3H3,(H,25,26)/t17-/m1/s1. The number of hydrogen-bond acceptors (Lipinski definition) is 4. The highest BCUT2D eigenvalue weighted by atomic mass is 16.5. The third-order valence-corrected chi connectivity index (χ3v) is 5.50. The van der Waals surface area contributed by atoms with Gasteiger partial charge in [0, 0.05) is 24.2 Å². The molecule has 1 N–H and O–H groups in total. The molecule has 4 rings (SSSR count). The average Bonchev–Trinajstić information content (AvgIpc) is 2.74. The van der Waals surface area contributed by atoms with Crippen molar-refractivity contribution in [3.8, 4) is 5.75 Å². The monoisotopic (exact) mass is 389 g/mol. The van der Waals surface area contributed by atoms with E-state index < -0.39 is 0 Å². The van der Waals surface area contributed by atoms with Gasteiger partial charge in [-0.3, -0.25) is 4.79 Å². The Hall–Kier alpha value is -3.08. The summed E-state index contributed by atoms with van der Waals surface area (Å²) in [5, 5.41) is 4.47. The summed E-state index contributed by atoms with van der Waals surface area (Å²) in [5.74, 6) is 1.35. The van der Waals surface area contributed by atoms with Gasteiger partial charge >= 0.3 is 0 Å². The van der Waals surface area contributed by atoms with Crippen LogP contribution in [0.25, 0.3) is 10.9 Å². The molecule has 1 aliphatic rings. The number of pyridine rings is 1. The van der Waals surface area contributed by atoms with Crippen LogP contribution in [-0.4, -0.2) is 36.0 Å². The zero-order valence-electron chi connectivity index (χ0n) is 17.2. The number of aryl methyl sites for hydroxylation is 1. The van der Waals surface area contributed by atoms with Crippen LogP contribution in [0, 0.1) is 12.8 Å². The number of ether oxygens (including phenoxy) is 1. The van der Waals surface area contributed by atoms with E-state index in [1.807, 2.05) is 47.4 Å². The summed E-state index contributed by atoms with van der Waals surface area (Å²) in [6.45, 7) is 5.86. The fourth-order valence-electron chi connectivity index (χ4n) is 3.92. The minimum absolute atomic E-state index is 0.0109. The molecule has 29 heavy (non-hydrogen) atoms. The Kier molecular flexibility index (Phi) is 5.38. The van der Waals surface area contributed by atoms with Crippen molar-refractivity contribution in [1.29, 1.82) is 0 Å². The van der Waals surface area contributed by atoms with Crippen LogP contribution < -0.4 is 10.1 Å². The SMILES string of the molecule is COc1ccc(Nc2cc(C(=O)N3CCC[C@@H](C)C3)nc3ccc(C)cc23)cc1. The number of aromatic nitrogens is 1. The van der Waals surface area contributed by atoms with Crippen LogP contribution >= 0.6 is 0 Å². The topological polar surface area (TPSA) is 54.5 Å². The van der Waals surface area contributed by atoms with Gasteiger partial charge in [0.2, 0.25) is 0 Å². The van der Waals surface area contributed by atoms with Gasteiger partial charge in [-0.05, 0) is 68.1 Å². The van der Waals surface area contributed by atoms with E-state index in [0.717, 1.165) is 53.1 Å². The summed E-state index contributed by atoms with van der Waals surface area (Å²) >= 11 is 0. The molecule has 0 spiro atoms. The van der Waals surface area contributed by atoms with E-state index in [1.165, 1.54) is 6.42 Å². The van der Waals surface area contributed by atoms with Crippen LogP contribution in [0.15, 0.2) is 48.5 Å². The van der Waals surface area contributed by atoms with Crippen molar-refractivity contribution in [3.05, 3.63) is 59.8 Å². The highest BCUT2D eigenvalue weighted by molar-refractivity contribution is 6.00. The number of hydrogen-bond donors (Lipinski definition) is 1. The zero-order chi connectivity index (χ0) is 20.4. The molecule has 2 aromatic carbocycles. The van der Waals surface area contributed by atoms with Crippen molar-refractivity contribution in [2.24, 2.45) is 5.92 Å². The molecule has 1 saturated heterocycles. The molecule has 1 amide bonds. The lowest BCUT2D eigenvalue weighted by molar-refractivity contribution is 0.0677. The Morgan fingerprint density at radius 2 is 1.97 bits per heavy atom. The van der Waals surface area contributed by atoms with Crippen LogP contribution in [-0.2, 0) is 0 Å². The molecular formula is C24H27N3O2. The van der Waals surface area contributed by atoms with Gasteiger partial charge in [0.25, 0.3) is 5.91 Å². The summed E-state index contributed by atoms with van der Waals surface area (Å²) < 4.78 is 5.24. The molecule has 5 nitrogen and oxygen atoms in total. The van der Waals surface area contributed by atoms with E-state index >= 15 is 0 Å².